The molecule has 1 aliphatic heterocycles. The minimum atomic E-state index is 0.284. The second-order valence-corrected chi connectivity index (χ2v) is 6.25. The van der Waals surface area contributed by atoms with Gasteiger partial charge in [0.25, 0.3) is 0 Å². The third-order valence-corrected chi connectivity index (χ3v) is 4.55. The van der Waals surface area contributed by atoms with Gasteiger partial charge in [0.15, 0.2) is 11.5 Å². The fourth-order valence-electron chi connectivity index (χ4n) is 2.65. The number of rotatable bonds is 3. The zero-order valence-electron chi connectivity index (χ0n) is 12.3. The van der Waals surface area contributed by atoms with Crippen molar-refractivity contribution in [2.75, 3.05) is 6.79 Å². The van der Waals surface area contributed by atoms with Crippen LogP contribution in [0.5, 0.6) is 11.5 Å². The van der Waals surface area contributed by atoms with Crippen molar-refractivity contribution in [1.82, 2.24) is 4.98 Å². The molecule has 2 aromatic carbocycles. The van der Waals surface area contributed by atoms with Crippen LogP contribution in [-0.4, -0.2) is 11.8 Å². The number of nitrogens with zero attached hydrogens (tertiary/aromatic N) is 1. The molecule has 0 bridgehead atoms. The molecule has 2 heterocycles. The topological polar surface area (TPSA) is 31.4 Å². The van der Waals surface area contributed by atoms with E-state index in [-0.39, 0.29) is 6.79 Å². The molecule has 0 unspecified atom stereocenters. The highest BCUT2D eigenvalue weighted by atomic mass is 79.9. The summed E-state index contributed by atoms with van der Waals surface area (Å²) in [7, 11) is 0. The van der Waals surface area contributed by atoms with Crippen molar-refractivity contribution in [3.63, 3.8) is 0 Å². The van der Waals surface area contributed by atoms with Gasteiger partial charge in [0.05, 0.1) is 5.69 Å². The van der Waals surface area contributed by atoms with Crippen LogP contribution in [0.4, 0.5) is 0 Å². The largest absolute Gasteiger partial charge is 0.454 e. The van der Waals surface area contributed by atoms with E-state index in [1.165, 1.54) is 11.1 Å². The highest BCUT2D eigenvalue weighted by molar-refractivity contribution is 9.10. The highest BCUT2D eigenvalue weighted by Crippen LogP contribution is 2.36. The second kappa shape index (κ2) is 6.05. The van der Waals surface area contributed by atoms with Gasteiger partial charge in [0.2, 0.25) is 6.79 Å². The van der Waals surface area contributed by atoms with Crippen LogP contribution in [0.15, 0.2) is 65.3 Å². The average molecular weight is 368 g/mol. The van der Waals surface area contributed by atoms with Crippen molar-refractivity contribution < 1.29 is 9.47 Å². The Hall–Kier alpha value is -2.33. The Labute approximate surface area is 143 Å². The standard InChI is InChI=1S/C19H14BrNO2/c20-16-11-21-17(9-15(16)8-13-4-2-1-3-5-13)14-6-7-18-19(10-14)23-12-22-18/h1-7,9-11H,8,12H2. The molecular weight excluding hydrogens is 354 g/mol. The molecule has 0 N–H and O–H groups in total. The number of hydrogen-bond acceptors (Lipinski definition) is 3. The van der Waals surface area contributed by atoms with Crippen LogP contribution in [0.1, 0.15) is 11.1 Å². The molecule has 1 aliphatic rings. The van der Waals surface area contributed by atoms with E-state index in [2.05, 4.69) is 51.2 Å². The number of hydrogen-bond donors (Lipinski definition) is 0. The Balaban J connectivity index is 1.69. The third kappa shape index (κ3) is 2.94. The summed E-state index contributed by atoms with van der Waals surface area (Å²) in [6, 6.07) is 18.4. The van der Waals surface area contributed by atoms with E-state index < -0.39 is 0 Å². The third-order valence-electron chi connectivity index (χ3n) is 3.84. The zero-order chi connectivity index (χ0) is 15.6. The summed E-state index contributed by atoms with van der Waals surface area (Å²) in [6.07, 6.45) is 2.72. The molecule has 23 heavy (non-hydrogen) atoms. The van der Waals surface area contributed by atoms with Gasteiger partial charge < -0.3 is 9.47 Å². The van der Waals surface area contributed by atoms with Crippen molar-refractivity contribution in [2.24, 2.45) is 0 Å². The summed E-state index contributed by atoms with van der Waals surface area (Å²) < 4.78 is 11.8. The van der Waals surface area contributed by atoms with Gasteiger partial charge in [-0.05, 0) is 57.7 Å². The summed E-state index contributed by atoms with van der Waals surface area (Å²) in [5.41, 5.74) is 4.43. The summed E-state index contributed by atoms with van der Waals surface area (Å²) in [5, 5.41) is 0. The molecule has 0 fully saturated rings. The van der Waals surface area contributed by atoms with E-state index in [0.29, 0.717) is 0 Å². The van der Waals surface area contributed by atoms with Crippen molar-refractivity contribution in [1.29, 1.82) is 0 Å². The zero-order valence-corrected chi connectivity index (χ0v) is 13.9. The molecule has 1 aromatic heterocycles. The number of pyridine rings is 1. The van der Waals surface area contributed by atoms with E-state index in [1.807, 2.05) is 30.5 Å². The fraction of sp³-hybridized carbons (Fsp3) is 0.105. The summed E-state index contributed by atoms with van der Waals surface area (Å²) in [4.78, 5) is 4.53. The first-order valence-corrected chi connectivity index (χ1v) is 8.17. The molecule has 3 nitrogen and oxygen atoms in total. The molecule has 4 rings (SSSR count). The van der Waals surface area contributed by atoms with Gasteiger partial charge in [-0.2, -0.15) is 0 Å². The summed E-state index contributed by atoms with van der Waals surface area (Å²) in [5.74, 6) is 1.56. The lowest BCUT2D eigenvalue weighted by atomic mass is 10.0. The lowest BCUT2D eigenvalue weighted by molar-refractivity contribution is 0.174. The van der Waals surface area contributed by atoms with Crippen LogP contribution in [0.2, 0.25) is 0 Å². The molecule has 3 aromatic rings. The van der Waals surface area contributed by atoms with Crippen LogP contribution < -0.4 is 9.47 Å². The van der Waals surface area contributed by atoms with E-state index in [9.17, 15) is 0 Å². The Morgan fingerprint density at radius 1 is 0.957 bits per heavy atom. The normalized spacial score (nSPS) is 12.4. The summed E-state index contributed by atoms with van der Waals surface area (Å²) >= 11 is 3.60. The van der Waals surface area contributed by atoms with Crippen molar-refractivity contribution in [3.8, 4) is 22.8 Å². The minimum absolute atomic E-state index is 0.284. The second-order valence-electron chi connectivity index (χ2n) is 5.39. The minimum Gasteiger partial charge on any atom is -0.454 e. The van der Waals surface area contributed by atoms with Crippen LogP contribution in [0.25, 0.3) is 11.3 Å². The molecule has 0 radical (unpaired) electrons. The SMILES string of the molecule is Brc1cnc(-c2ccc3c(c2)OCO3)cc1Cc1ccccc1. The van der Waals surface area contributed by atoms with Gasteiger partial charge in [-0.1, -0.05) is 30.3 Å². The fourth-order valence-corrected chi connectivity index (χ4v) is 3.00. The number of benzene rings is 2. The van der Waals surface area contributed by atoms with Gasteiger partial charge in [0, 0.05) is 16.2 Å². The molecule has 0 aliphatic carbocycles. The van der Waals surface area contributed by atoms with Gasteiger partial charge >= 0.3 is 0 Å². The Bertz CT molecular complexity index is 849. The molecule has 0 saturated carbocycles. The molecule has 4 heteroatoms. The smallest absolute Gasteiger partial charge is 0.231 e. The van der Waals surface area contributed by atoms with Gasteiger partial charge in [-0.15, -0.1) is 0 Å². The first-order valence-electron chi connectivity index (χ1n) is 7.38. The molecule has 114 valence electrons. The van der Waals surface area contributed by atoms with E-state index >= 15 is 0 Å². The Morgan fingerprint density at radius 2 is 1.78 bits per heavy atom. The Kier molecular flexibility index (Phi) is 3.75. The molecule has 0 spiro atoms. The maximum Gasteiger partial charge on any atom is 0.231 e. The number of ether oxygens (including phenoxy) is 2. The maximum atomic E-state index is 5.45. The average Bonchev–Trinajstić information content (AvgIpc) is 3.05. The predicted octanol–water partition coefficient (Wildman–Crippen LogP) is 4.83. The van der Waals surface area contributed by atoms with Crippen molar-refractivity contribution >= 4 is 15.9 Å². The van der Waals surface area contributed by atoms with Crippen LogP contribution in [0.3, 0.4) is 0 Å². The lowest BCUT2D eigenvalue weighted by Gasteiger charge is -2.08. The van der Waals surface area contributed by atoms with Crippen molar-refractivity contribution in [2.45, 2.75) is 6.42 Å². The number of halogens is 1. The van der Waals surface area contributed by atoms with Crippen LogP contribution in [-0.2, 0) is 6.42 Å². The van der Waals surface area contributed by atoms with Crippen LogP contribution in [0, 0.1) is 0 Å². The van der Waals surface area contributed by atoms with E-state index in [1.54, 1.807) is 0 Å². The maximum absolute atomic E-state index is 5.45. The van der Waals surface area contributed by atoms with Gasteiger partial charge in [-0.3, -0.25) is 4.98 Å². The van der Waals surface area contributed by atoms with Crippen molar-refractivity contribution in [3.05, 3.63) is 76.4 Å². The molecule has 0 saturated heterocycles. The molecule has 0 atom stereocenters. The highest BCUT2D eigenvalue weighted by Gasteiger charge is 2.15. The Morgan fingerprint density at radius 3 is 2.65 bits per heavy atom. The number of fused-ring (bicyclic) bond motifs is 1. The van der Waals surface area contributed by atoms with E-state index in [4.69, 9.17) is 9.47 Å². The monoisotopic (exact) mass is 367 g/mol. The summed E-state index contributed by atoms with van der Waals surface area (Å²) in [6.45, 7) is 0.284. The first kappa shape index (κ1) is 14.3. The number of aromatic nitrogens is 1. The van der Waals surface area contributed by atoms with Crippen LogP contribution >= 0.6 is 15.9 Å². The van der Waals surface area contributed by atoms with E-state index in [0.717, 1.165) is 33.6 Å². The first-order chi connectivity index (χ1) is 11.3. The lowest BCUT2D eigenvalue weighted by Crippen LogP contribution is -1.93. The van der Waals surface area contributed by atoms with Gasteiger partial charge in [0.1, 0.15) is 0 Å². The molecule has 0 amide bonds. The molecular formula is C19H14BrNO2. The quantitative estimate of drug-likeness (QED) is 0.664. The predicted molar refractivity (Wildman–Crippen MR) is 92.7 cm³/mol. The van der Waals surface area contributed by atoms with Gasteiger partial charge in [-0.25, -0.2) is 0 Å².